The second-order valence-corrected chi connectivity index (χ2v) is 7.82. The van der Waals surface area contributed by atoms with Crippen LogP contribution in [-0.2, 0) is 9.84 Å². The summed E-state index contributed by atoms with van der Waals surface area (Å²) in [6.07, 6.45) is 5.26. The number of pyridine rings is 1. The molecule has 0 aromatic carbocycles. The molecule has 128 valence electrons. The van der Waals surface area contributed by atoms with Gasteiger partial charge in [-0.15, -0.1) is 0 Å². The Kier molecular flexibility index (Phi) is 5.81. The average molecular weight is 342 g/mol. The zero-order valence-corrected chi connectivity index (χ0v) is 14.0. The number of piperidine rings is 1. The monoisotopic (exact) mass is 342 g/mol. The van der Waals surface area contributed by atoms with Gasteiger partial charge in [0.25, 0.3) is 0 Å². The molecular formula is C15H22N2O5S. The quantitative estimate of drug-likeness (QED) is 0.795. The van der Waals surface area contributed by atoms with Gasteiger partial charge in [-0.2, -0.15) is 0 Å². The average Bonchev–Trinajstić information content (AvgIpc) is 2.51. The lowest BCUT2D eigenvalue weighted by Crippen LogP contribution is -2.37. The van der Waals surface area contributed by atoms with Crippen LogP contribution in [0.3, 0.4) is 0 Å². The van der Waals surface area contributed by atoms with Crippen LogP contribution >= 0.6 is 0 Å². The van der Waals surface area contributed by atoms with E-state index in [0.29, 0.717) is 31.5 Å². The highest BCUT2D eigenvalue weighted by atomic mass is 32.2. The highest BCUT2D eigenvalue weighted by molar-refractivity contribution is 7.90. The summed E-state index contributed by atoms with van der Waals surface area (Å²) in [6, 6.07) is 3.04. The van der Waals surface area contributed by atoms with Crippen molar-refractivity contribution in [3.8, 4) is 5.88 Å². The summed E-state index contributed by atoms with van der Waals surface area (Å²) < 4.78 is 28.2. The third kappa shape index (κ3) is 5.38. The molecule has 0 unspecified atom stereocenters. The van der Waals surface area contributed by atoms with Gasteiger partial charge in [-0.25, -0.2) is 18.2 Å². The lowest BCUT2D eigenvalue weighted by atomic mass is 9.92. The van der Waals surface area contributed by atoms with Crippen molar-refractivity contribution in [3.63, 3.8) is 0 Å². The summed E-state index contributed by atoms with van der Waals surface area (Å²) in [5.74, 6) is 0.952. The standard InChI is InChI=1S/C15H22N2O5S/c1-23(20,21)13-4-5-14(16-11-13)22-10-2-3-12-6-8-17(9-7-12)15(18)19/h4-5,11-12H,2-3,6-10H2,1H3,(H,18,19). The van der Waals surface area contributed by atoms with Crippen molar-refractivity contribution < 1.29 is 23.1 Å². The third-order valence-electron chi connectivity index (χ3n) is 4.03. The van der Waals surface area contributed by atoms with Crippen molar-refractivity contribution in [2.75, 3.05) is 26.0 Å². The number of carboxylic acid groups (broad SMARTS) is 1. The number of carbonyl (C=O) groups is 1. The topological polar surface area (TPSA) is 96.8 Å². The molecule has 8 heteroatoms. The normalized spacial score (nSPS) is 16.3. The highest BCUT2D eigenvalue weighted by Crippen LogP contribution is 2.22. The fraction of sp³-hybridized carbons (Fsp3) is 0.600. The lowest BCUT2D eigenvalue weighted by Gasteiger charge is -2.29. The van der Waals surface area contributed by atoms with Crippen LogP contribution in [0.2, 0.25) is 0 Å². The van der Waals surface area contributed by atoms with E-state index < -0.39 is 15.9 Å². The van der Waals surface area contributed by atoms with Crippen LogP contribution in [0.4, 0.5) is 4.79 Å². The van der Waals surface area contributed by atoms with Gasteiger partial charge in [-0.3, -0.25) is 0 Å². The minimum atomic E-state index is -3.23. The Hall–Kier alpha value is -1.83. The molecule has 23 heavy (non-hydrogen) atoms. The first-order chi connectivity index (χ1) is 10.9. The molecule has 0 atom stereocenters. The summed E-state index contributed by atoms with van der Waals surface area (Å²) in [5, 5.41) is 8.90. The largest absolute Gasteiger partial charge is 0.478 e. The molecule has 1 aromatic heterocycles. The van der Waals surface area contributed by atoms with E-state index >= 15 is 0 Å². The number of nitrogens with zero attached hydrogens (tertiary/aromatic N) is 2. The minimum absolute atomic E-state index is 0.176. The Morgan fingerprint density at radius 3 is 2.61 bits per heavy atom. The van der Waals surface area contributed by atoms with Crippen LogP contribution in [0.1, 0.15) is 25.7 Å². The molecule has 0 aliphatic carbocycles. The molecule has 1 aromatic rings. The van der Waals surface area contributed by atoms with Crippen molar-refractivity contribution in [2.45, 2.75) is 30.6 Å². The summed E-state index contributed by atoms with van der Waals surface area (Å²) in [5.41, 5.74) is 0. The molecule has 0 bridgehead atoms. The molecular weight excluding hydrogens is 320 g/mol. The Labute approximate surface area is 136 Å². The summed E-state index contributed by atoms with van der Waals surface area (Å²) in [7, 11) is -3.23. The van der Waals surface area contributed by atoms with Crippen LogP contribution in [0.25, 0.3) is 0 Å². The van der Waals surface area contributed by atoms with Crippen LogP contribution < -0.4 is 4.74 Å². The molecule has 1 fully saturated rings. The molecule has 2 rings (SSSR count). The van der Waals surface area contributed by atoms with E-state index in [1.165, 1.54) is 17.2 Å². The maximum Gasteiger partial charge on any atom is 0.407 e. The minimum Gasteiger partial charge on any atom is -0.478 e. The summed E-state index contributed by atoms with van der Waals surface area (Å²) in [6.45, 7) is 1.73. The van der Waals surface area contributed by atoms with Crippen LogP contribution in [-0.4, -0.2) is 55.5 Å². The number of sulfone groups is 1. The van der Waals surface area contributed by atoms with Gasteiger partial charge in [0.15, 0.2) is 9.84 Å². The molecule has 2 heterocycles. The Morgan fingerprint density at radius 2 is 2.09 bits per heavy atom. The van der Waals surface area contributed by atoms with Gasteiger partial charge in [0.05, 0.1) is 11.5 Å². The predicted molar refractivity (Wildman–Crippen MR) is 84.4 cm³/mol. The van der Waals surface area contributed by atoms with Crippen LogP contribution in [0.5, 0.6) is 5.88 Å². The van der Waals surface area contributed by atoms with Gasteiger partial charge < -0.3 is 14.7 Å². The zero-order chi connectivity index (χ0) is 16.9. The van der Waals surface area contributed by atoms with Crippen molar-refractivity contribution in [1.29, 1.82) is 0 Å². The van der Waals surface area contributed by atoms with E-state index in [4.69, 9.17) is 9.84 Å². The Balaban J connectivity index is 1.67. The molecule has 1 saturated heterocycles. The molecule has 0 spiro atoms. The second kappa shape index (κ2) is 7.63. The van der Waals surface area contributed by atoms with Crippen molar-refractivity contribution in [3.05, 3.63) is 18.3 Å². The maximum absolute atomic E-state index is 11.3. The number of ether oxygens (including phenoxy) is 1. The molecule has 0 radical (unpaired) electrons. The van der Waals surface area contributed by atoms with Crippen LogP contribution in [0.15, 0.2) is 23.2 Å². The summed E-state index contributed by atoms with van der Waals surface area (Å²) >= 11 is 0. The van der Waals surface area contributed by atoms with E-state index in [1.807, 2.05) is 0 Å². The predicted octanol–water partition coefficient (Wildman–Crippen LogP) is 2.03. The van der Waals surface area contributed by atoms with Crippen LogP contribution in [0, 0.1) is 5.92 Å². The zero-order valence-electron chi connectivity index (χ0n) is 13.1. The molecule has 1 N–H and O–H groups in total. The van der Waals surface area contributed by atoms with E-state index in [-0.39, 0.29) is 4.90 Å². The number of hydrogen-bond donors (Lipinski definition) is 1. The van der Waals surface area contributed by atoms with Gasteiger partial charge in [0, 0.05) is 31.6 Å². The molecule has 7 nitrogen and oxygen atoms in total. The first-order valence-corrected chi connectivity index (χ1v) is 9.52. The fourth-order valence-electron chi connectivity index (χ4n) is 2.63. The van der Waals surface area contributed by atoms with Crippen molar-refractivity contribution >= 4 is 15.9 Å². The van der Waals surface area contributed by atoms with Gasteiger partial charge in [-0.1, -0.05) is 0 Å². The number of likely N-dealkylation sites (tertiary alicyclic amines) is 1. The van der Waals surface area contributed by atoms with Gasteiger partial charge in [-0.05, 0) is 37.7 Å². The fourth-order valence-corrected chi connectivity index (χ4v) is 3.19. The number of rotatable bonds is 6. The van der Waals surface area contributed by atoms with Crippen molar-refractivity contribution in [1.82, 2.24) is 9.88 Å². The first-order valence-electron chi connectivity index (χ1n) is 7.63. The van der Waals surface area contributed by atoms with Gasteiger partial charge in [0.2, 0.25) is 5.88 Å². The van der Waals surface area contributed by atoms with E-state index in [1.54, 1.807) is 6.07 Å². The van der Waals surface area contributed by atoms with E-state index in [0.717, 1.165) is 31.9 Å². The molecule has 1 amide bonds. The van der Waals surface area contributed by atoms with Gasteiger partial charge in [0.1, 0.15) is 0 Å². The van der Waals surface area contributed by atoms with E-state index in [9.17, 15) is 13.2 Å². The third-order valence-corrected chi connectivity index (χ3v) is 5.13. The Morgan fingerprint density at radius 1 is 1.39 bits per heavy atom. The van der Waals surface area contributed by atoms with Crippen molar-refractivity contribution in [2.24, 2.45) is 5.92 Å². The number of aromatic nitrogens is 1. The van der Waals surface area contributed by atoms with Gasteiger partial charge >= 0.3 is 6.09 Å². The van der Waals surface area contributed by atoms with E-state index in [2.05, 4.69) is 4.98 Å². The summed E-state index contributed by atoms with van der Waals surface area (Å²) in [4.78, 5) is 16.4. The first kappa shape index (κ1) is 17.5. The maximum atomic E-state index is 11.3. The molecule has 1 aliphatic heterocycles. The number of amides is 1. The Bertz CT molecular complexity index is 622. The smallest absolute Gasteiger partial charge is 0.407 e. The highest BCUT2D eigenvalue weighted by Gasteiger charge is 2.21. The molecule has 0 saturated carbocycles. The number of hydrogen-bond acceptors (Lipinski definition) is 5. The second-order valence-electron chi connectivity index (χ2n) is 5.81. The lowest BCUT2D eigenvalue weighted by molar-refractivity contribution is 0.121. The SMILES string of the molecule is CS(=O)(=O)c1ccc(OCCCC2CCN(C(=O)O)CC2)nc1. The molecule has 1 aliphatic rings.